The third-order valence-corrected chi connectivity index (χ3v) is 3.40. The Hall–Kier alpha value is -3.08. The van der Waals surface area contributed by atoms with Crippen molar-refractivity contribution >= 4 is 17.8 Å². The van der Waals surface area contributed by atoms with Gasteiger partial charge in [-0.25, -0.2) is 4.79 Å². The smallest absolute Gasteiger partial charge is 0.343 e. The predicted molar refractivity (Wildman–Crippen MR) is 85.8 cm³/mol. The second-order valence-corrected chi connectivity index (χ2v) is 4.85. The number of hydrogen-bond acceptors (Lipinski definition) is 5. The summed E-state index contributed by atoms with van der Waals surface area (Å²) in [7, 11) is 3.14. The first kappa shape index (κ1) is 14.8. The number of cyclic esters (lactones) is 1. The zero-order valence-corrected chi connectivity index (χ0v) is 12.8. The highest BCUT2D eigenvalue weighted by molar-refractivity contribution is 6.05. The van der Waals surface area contributed by atoms with E-state index in [2.05, 4.69) is 4.98 Å². The molecule has 1 aliphatic rings. The van der Waals surface area contributed by atoms with E-state index >= 15 is 0 Å². The number of pyridine rings is 1. The second kappa shape index (κ2) is 6.36. The minimum Gasteiger partial charge on any atom is -0.497 e. The quantitative estimate of drug-likeness (QED) is 0.641. The van der Waals surface area contributed by atoms with Crippen LogP contribution in [0.3, 0.4) is 0 Å². The number of carbonyl (C=O) groups excluding carboxylic acids is 1. The van der Waals surface area contributed by atoms with Gasteiger partial charge in [-0.3, -0.25) is 4.98 Å². The predicted octanol–water partition coefficient (Wildman–Crippen LogP) is 3.08. The Bertz CT molecular complexity index is 794. The molecule has 0 bridgehead atoms. The zero-order valence-electron chi connectivity index (χ0n) is 12.8. The maximum absolute atomic E-state index is 12.1. The number of methoxy groups -OCH3 is 2. The van der Waals surface area contributed by atoms with Gasteiger partial charge in [0.25, 0.3) is 0 Å². The number of ether oxygens (including phenoxy) is 3. The summed E-state index contributed by atoms with van der Waals surface area (Å²) in [5.41, 5.74) is 1.95. The van der Waals surface area contributed by atoms with Crippen LogP contribution in [-0.2, 0) is 9.53 Å². The summed E-state index contributed by atoms with van der Waals surface area (Å²) in [5, 5.41) is 0. The fraction of sp³-hybridized carbons (Fsp3) is 0.111. The van der Waals surface area contributed by atoms with Crippen LogP contribution in [0.25, 0.3) is 11.8 Å². The fourth-order valence-corrected chi connectivity index (χ4v) is 2.27. The zero-order chi connectivity index (χ0) is 16.2. The average molecular weight is 309 g/mol. The first-order chi connectivity index (χ1) is 11.2. The van der Waals surface area contributed by atoms with Crippen LogP contribution in [0.5, 0.6) is 11.5 Å². The topological polar surface area (TPSA) is 57.7 Å². The number of hydrogen-bond donors (Lipinski definition) is 0. The third-order valence-electron chi connectivity index (χ3n) is 3.40. The molecule has 1 aromatic carbocycles. The molecule has 5 heteroatoms. The molecule has 1 aromatic heterocycles. The molecule has 0 unspecified atom stereocenters. The molecule has 0 atom stereocenters. The maximum Gasteiger partial charge on any atom is 0.343 e. The maximum atomic E-state index is 12.1. The van der Waals surface area contributed by atoms with Gasteiger partial charge in [-0.1, -0.05) is 6.07 Å². The van der Waals surface area contributed by atoms with Gasteiger partial charge in [0.05, 0.1) is 25.4 Å². The third kappa shape index (κ3) is 3.08. The van der Waals surface area contributed by atoms with Crippen LogP contribution in [-0.4, -0.2) is 25.2 Å². The first-order valence-corrected chi connectivity index (χ1v) is 6.99. The summed E-state index contributed by atoms with van der Waals surface area (Å²) in [5.74, 6) is 1.28. The number of esters is 1. The summed E-state index contributed by atoms with van der Waals surface area (Å²) < 4.78 is 15.9. The van der Waals surface area contributed by atoms with Crippen LogP contribution in [0.15, 0.2) is 54.4 Å². The average Bonchev–Trinajstić information content (AvgIpc) is 2.95. The van der Waals surface area contributed by atoms with Crippen LogP contribution < -0.4 is 9.47 Å². The van der Waals surface area contributed by atoms with Crippen LogP contribution >= 0.6 is 0 Å². The molecule has 5 nitrogen and oxygen atoms in total. The Balaban J connectivity index is 2.00. The van der Waals surface area contributed by atoms with E-state index in [4.69, 9.17) is 14.2 Å². The molecule has 116 valence electrons. The Morgan fingerprint density at radius 3 is 2.74 bits per heavy atom. The van der Waals surface area contributed by atoms with E-state index in [-0.39, 0.29) is 0 Å². The van der Waals surface area contributed by atoms with E-state index in [1.165, 1.54) is 0 Å². The van der Waals surface area contributed by atoms with Gasteiger partial charge in [0.15, 0.2) is 0 Å². The van der Waals surface area contributed by atoms with Crippen LogP contribution in [0.2, 0.25) is 0 Å². The molecule has 0 radical (unpaired) electrons. The molecule has 0 N–H and O–H groups in total. The van der Waals surface area contributed by atoms with E-state index in [0.29, 0.717) is 28.4 Å². The molecule has 2 heterocycles. The number of rotatable bonds is 4. The molecule has 0 spiro atoms. The molecular formula is C18H15NO4. The number of benzene rings is 1. The highest BCUT2D eigenvalue weighted by Gasteiger charge is 2.24. The molecule has 23 heavy (non-hydrogen) atoms. The van der Waals surface area contributed by atoms with Crippen LogP contribution in [0.4, 0.5) is 0 Å². The van der Waals surface area contributed by atoms with Crippen LogP contribution in [0.1, 0.15) is 11.1 Å². The number of carbonyl (C=O) groups is 1. The number of nitrogens with zero attached hydrogens (tertiary/aromatic N) is 1. The Morgan fingerprint density at radius 2 is 2.04 bits per heavy atom. The normalized spacial score (nSPS) is 15.3. The van der Waals surface area contributed by atoms with Gasteiger partial charge in [0.1, 0.15) is 17.3 Å². The summed E-state index contributed by atoms with van der Waals surface area (Å²) in [4.78, 5) is 16.1. The van der Waals surface area contributed by atoms with Crippen LogP contribution in [0, 0.1) is 0 Å². The van der Waals surface area contributed by atoms with E-state index < -0.39 is 5.97 Å². The molecule has 0 saturated carbocycles. The molecule has 0 amide bonds. The van der Waals surface area contributed by atoms with Gasteiger partial charge in [0.2, 0.25) is 0 Å². The lowest BCUT2D eigenvalue weighted by molar-refractivity contribution is -0.130. The number of aromatic nitrogens is 1. The largest absolute Gasteiger partial charge is 0.497 e. The minimum atomic E-state index is -0.409. The van der Waals surface area contributed by atoms with Gasteiger partial charge in [0, 0.05) is 12.4 Å². The highest BCUT2D eigenvalue weighted by atomic mass is 16.5. The Kier molecular flexibility index (Phi) is 4.10. The standard InChI is InChI=1S/C18H15NO4/c1-21-14-5-6-16(22-2)15(10-14)17-9-13(18(20)23-17)8-12-4-3-7-19-11-12/h3-11H,1-2H3/b13-8-. The van der Waals surface area contributed by atoms with Crippen molar-refractivity contribution < 1.29 is 19.0 Å². The summed E-state index contributed by atoms with van der Waals surface area (Å²) in [6.45, 7) is 0. The van der Waals surface area contributed by atoms with Crippen molar-refractivity contribution in [2.24, 2.45) is 0 Å². The van der Waals surface area contributed by atoms with Gasteiger partial charge in [-0.2, -0.15) is 0 Å². The molecule has 1 aliphatic heterocycles. The Labute approximate surface area is 133 Å². The van der Waals surface area contributed by atoms with Crippen molar-refractivity contribution in [1.82, 2.24) is 4.98 Å². The molecule has 0 fully saturated rings. The molecule has 0 aliphatic carbocycles. The fourth-order valence-electron chi connectivity index (χ4n) is 2.27. The lowest BCUT2D eigenvalue weighted by Crippen LogP contribution is -1.98. The van der Waals surface area contributed by atoms with Crippen molar-refractivity contribution in [1.29, 1.82) is 0 Å². The highest BCUT2D eigenvalue weighted by Crippen LogP contribution is 2.35. The lowest BCUT2D eigenvalue weighted by atomic mass is 10.1. The molecule has 3 rings (SSSR count). The van der Waals surface area contributed by atoms with E-state index in [1.807, 2.05) is 12.1 Å². The molecular weight excluding hydrogens is 294 g/mol. The van der Waals surface area contributed by atoms with Crippen molar-refractivity contribution in [2.75, 3.05) is 14.2 Å². The van der Waals surface area contributed by atoms with Gasteiger partial charge in [-0.05, 0) is 42.0 Å². The second-order valence-electron chi connectivity index (χ2n) is 4.85. The van der Waals surface area contributed by atoms with Gasteiger partial charge < -0.3 is 14.2 Å². The minimum absolute atomic E-state index is 0.409. The SMILES string of the molecule is COc1ccc(OC)c(C2=C/C(=C/c3cccnc3)C(=O)O2)c1. The van der Waals surface area contributed by atoms with Crippen molar-refractivity contribution in [3.63, 3.8) is 0 Å². The summed E-state index contributed by atoms with van der Waals surface area (Å²) in [6, 6.07) is 9.00. The summed E-state index contributed by atoms with van der Waals surface area (Å²) in [6.07, 6.45) is 6.78. The van der Waals surface area contributed by atoms with Crippen molar-refractivity contribution in [3.05, 3.63) is 65.5 Å². The Morgan fingerprint density at radius 1 is 1.17 bits per heavy atom. The lowest BCUT2D eigenvalue weighted by Gasteiger charge is -2.10. The van der Waals surface area contributed by atoms with Gasteiger partial charge in [-0.15, -0.1) is 0 Å². The molecule has 2 aromatic rings. The van der Waals surface area contributed by atoms with E-state index in [9.17, 15) is 4.79 Å². The van der Waals surface area contributed by atoms with Crippen molar-refractivity contribution in [3.8, 4) is 11.5 Å². The van der Waals surface area contributed by atoms with E-state index in [1.54, 1.807) is 57.0 Å². The van der Waals surface area contributed by atoms with E-state index in [0.717, 1.165) is 5.56 Å². The molecule has 0 saturated heterocycles. The first-order valence-electron chi connectivity index (χ1n) is 6.99. The van der Waals surface area contributed by atoms with Crippen molar-refractivity contribution in [2.45, 2.75) is 0 Å². The summed E-state index contributed by atoms with van der Waals surface area (Å²) >= 11 is 0. The van der Waals surface area contributed by atoms with Gasteiger partial charge >= 0.3 is 5.97 Å². The monoisotopic (exact) mass is 309 g/mol.